The van der Waals surface area contributed by atoms with Gasteiger partial charge in [-0.25, -0.2) is 0 Å². The molecule has 2 saturated heterocycles. The second kappa shape index (κ2) is 4.19. The Hall–Kier alpha value is -0.0800. The molecule has 0 aromatic heterocycles. The molecule has 14 heavy (non-hydrogen) atoms. The normalized spacial score (nSPS) is 37.1. The van der Waals surface area contributed by atoms with E-state index in [1.165, 1.54) is 32.2 Å². The molecule has 2 heterocycles. The topological polar surface area (TPSA) is 29.3 Å². The third-order valence-corrected chi connectivity index (χ3v) is 4.37. The fourth-order valence-electron chi connectivity index (χ4n) is 3.19. The van der Waals surface area contributed by atoms with E-state index in [0.29, 0.717) is 12.1 Å². The minimum absolute atomic E-state index is 0.370. The summed E-state index contributed by atoms with van der Waals surface area (Å²) in [5, 5.41) is 0. The molecule has 2 heteroatoms. The summed E-state index contributed by atoms with van der Waals surface area (Å²) in [5.74, 6) is 0.978. The number of nitrogens with zero attached hydrogens (tertiary/aromatic N) is 1. The Labute approximate surface area is 87.8 Å². The highest BCUT2D eigenvalue weighted by Crippen LogP contribution is 2.36. The second-order valence-electron chi connectivity index (χ2n) is 5.18. The van der Waals surface area contributed by atoms with E-state index in [-0.39, 0.29) is 0 Å². The van der Waals surface area contributed by atoms with Crippen LogP contribution in [0.3, 0.4) is 0 Å². The molecule has 2 atom stereocenters. The number of hydrogen-bond acceptors (Lipinski definition) is 2. The quantitative estimate of drug-likeness (QED) is 0.748. The molecule has 3 rings (SSSR count). The van der Waals surface area contributed by atoms with Crippen LogP contribution < -0.4 is 5.73 Å². The van der Waals surface area contributed by atoms with Gasteiger partial charge in [-0.3, -0.25) is 4.90 Å². The standard InChI is InChI=1S/C12H24N2/c1-3-12(13)9(2)14-8-10-4-6-11(14)7-5-10/h9-12H,3-8,13H2,1-2H3. The van der Waals surface area contributed by atoms with Gasteiger partial charge in [0.25, 0.3) is 0 Å². The van der Waals surface area contributed by atoms with E-state index in [9.17, 15) is 0 Å². The monoisotopic (exact) mass is 196 g/mol. The summed E-state index contributed by atoms with van der Waals surface area (Å²) in [6.45, 7) is 5.83. The van der Waals surface area contributed by atoms with Crippen LogP contribution in [0.1, 0.15) is 46.0 Å². The van der Waals surface area contributed by atoms with E-state index in [1.54, 1.807) is 0 Å². The lowest BCUT2D eigenvalue weighted by atomic mass is 9.78. The average molecular weight is 196 g/mol. The molecular formula is C12H24N2. The van der Waals surface area contributed by atoms with Crippen molar-refractivity contribution in [1.29, 1.82) is 0 Å². The Bertz CT molecular complexity index is 185. The van der Waals surface area contributed by atoms with Gasteiger partial charge in [-0.15, -0.1) is 0 Å². The van der Waals surface area contributed by atoms with E-state index >= 15 is 0 Å². The number of fused-ring (bicyclic) bond motifs is 3. The molecule has 0 radical (unpaired) electrons. The predicted octanol–water partition coefficient (Wildman–Crippen LogP) is 1.99. The van der Waals surface area contributed by atoms with Crippen LogP contribution in [-0.4, -0.2) is 29.6 Å². The zero-order chi connectivity index (χ0) is 10.1. The van der Waals surface area contributed by atoms with E-state index < -0.39 is 0 Å². The van der Waals surface area contributed by atoms with Crippen molar-refractivity contribution in [3.05, 3.63) is 0 Å². The fraction of sp³-hybridized carbons (Fsp3) is 1.00. The Morgan fingerprint density at radius 1 is 1.29 bits per heavy atom. The van der Waals surface area contributed by atoms with Crippen LogP contribution in [0, 0.1) is 5.92 Å². The maximum absolute atomic E-state index is 6.14. The smallest absolute Gasteiger partial charge is 0.0221 e. The van der Waals surface area contributed by atoms with Gasteiger partial charge in [0.15, 0.2) is 0 Å². The van der Waals surface area contributed by atoms with Crippen LogP contribution in [0.4, 0.5) is 0 Å². The number of nitrogens with two attached hydrogens (primary N) is 1. The van der Waals surface area contributed by atoms with E-state index in [0.717, 1.165) is 18.4 Å². The van der Waals surface area contributed by atoms with Crippen molar-refractivity contribution in [2.75, 3.05) is 6.54 Å². The van der Waals surface area contributed by atoms with Crippen molar-refractivity contribution < 1.29 is 0 Å². The molecule has 2 nitrogen and oxygen atoms in total. The molecule has 0 spiro atoms. The van der Waals surface area contributed by atoms with Crippen LogP contribution in [0.5, 0.6) is 0 Å². The van der Waals surface area contributed by atoms with Gasteiger partial charge in [-0.2, -0.15) is 0 Å². The van der Waals surface area contributed by atoms with Gasteiger partial charge in [-0.1, -0.05) is 6.92 Å². The van der Waals surface area contributed by atoms with E-state index in [2.05, 4.69) is 18.7 Å². The summed E-state index contributed by atoms with van der Waals surface area (Å²) in [7, 11) is 0. The first kappa shape index (κ1) is 10.4. The molecule has 2 aliphatic heterocycles. The summed E-state index contributed by atoms with van der Waals surface area (Å²) in [6, 6.07) is 1.81. The van der Waals surface area contributed by atoms with Crippen molar-refractivity contribution in [2.45, 2.75) is 64.1 Å². The maximum Gasteiger partial charge on any atom is 0.0221 e. The molecule has 0 aromatic carbocycles. The summed E-state index contributed by atoms with van der Waals surface area (Å²) in [6.07, 6.45) is 6.89. The van der Waals surface area contributed by atoms with Gasteiger partial charge in [0.05, 0.1) is 0 Å². The molecule has 82 valence electrons. The summed E-state index contributed by atoms with van der Waals surface area (Å²) < 4.78 is 0. The minimum Gasteiger partial charge on any atom is -0.326 e. The predicted molar refractivity (Wildman–Crippen MR) is 60.2 cm³/mol. The van der Waals surface area contributed by atoms with Crippen LogP contribution in [0.2, 0.25) is 0 Å². The number of piperidine rings is 2. The largest absolute Gasteiger partial charge is 0.326 e. The first-order valence-electron chi connectivity index (χ1n) is 6.23. The SMILES string of the molecule is CCC(N)C(C)N1CC2CCC1CC2. The maximum atomic E-state index is 6.14. The zero-order valence-corrected chi connectivity index (χ0v) is 9.58. The lowest BCUT2D eigenvalue weighted by molar-refractivity contribution is 0.0110. The Kier molecular flexibility index (Phi) is 3.13. The van der Waals surface area contributed by atoms with Gasteiger partial charge >= 0.3 is 0 Å². The lowest BCUT2D eigenvalue weighted by Crippen LogP contribution is -2.56. The summed E-state index contributed by atoms with van der Waals surface area (Å²) in [5.41, 5.74) is 6.14. The van der Waals surface area contributed by atoms with Crippen LogP contribution >= 0.6 is 0 Å². The lowest BCUT2D eigenvalue weighted by Gasteiger charge is -2.49. The highest BCUT2D eigenvalue weighted by Gasteiger charge is 2.36. The zero-order valence-electron chi connectivity index (χ0n) is 9.58. The molecule has 1 saturated carbocycles. The van der Waals surface area contributed by atoms with Crippen LogP contribution in [0.25, 0.3) is 0 Å². The molecule has 3 aliphatic rings. The Morgan fingerprint density at radius 2 is 1.93 bits per heavy atom. The second-order valence-corrected chi connectivity index (χ2v) is 5.18. The van der Waals surface area contributed by atoms with Crippen LogP contribution in [-0.2, 0) is 0 Å². The van der Waals surface area contributed by atoms with Gasteiger partial charge in [0.1, 0.15) is 0 Å². The van der Waals surface area contributed by atoms with Gasteiger partial charge < -0.3 is 5.73 Å². The fourth-order valence-corrected chi connectivity index (χ4v) is 3.19. The molecular weight excluding hydrogens is 172 g/mol. The molecule has 0 aromatic rings. The third-order valence-electron chi connectivity index (χ3n) is 4.37. The van der Waals surface area contributed by atoms with Crippen molar-refractivity contribution in [1.82, 2.24) is 4.90 Å². The third kappa shape index (κ3) is 1.82. The van der Waals surface area contributed by atoms with Gasteiger partial charge in [0.2, 0.25) is 0 Å². The Morgan fingerprint density at radius 3 is 2.36 bits per heavy atom. The van der Waals surface area contributed by atoms with Gasteiger partial charge in [0, 0.05) is 24.7 Å². The minimum atomic E-state index is 0.370. The van der Waals surface area contributed by atoms with E-state index in [4.69, 9.17) is 5.73 Å². The molecule has 2 unspecified atom stereocenters. The first-order chi connectivity index (χ1) is 6.72. The molecule has 2 bridgehead atoms. The highest BCUT2D eigenvalue weighted by atomic mass is 15.2. The Balaban J connectivity index is 1.97. The molecule has 1 aliphatic carbocycles. The summed E-state index contributed by atoms with van der Waals surface area (Å²) >= 11 is 0. The van der Waals surface area contributed by atoms with Crippen LogP contribution in [0.15, 0.2) is 0 Å². The van der Waals surface area contributed by atoms with E-state index in [1.807, 2.05) is 0 Å². The first-order valence-corrected chi connectivity index (χ1v) is 6.23. The van der Waals surface area contributed by atoms with Crippen molar-refractivity contribution in [3.8, 4) is 0 Å². The molecule has 3 fully saturated rings. The summed E-state index contributed by atoms with van der Waals surface area (Å²) in [4.78, 5) is 2.69. The van der Waals surface area contributed by atoms with Crippen molar-refractivity contribution >= 4 is 0 Å². The number of rotatable bonds is 3. The van der Waals surface area contributed by atoms with Crippen molar-refractivity contribution in [3.63, 3.8) is 0 Å². The molecule has 0 amide bonds. The van der Waals surface area contributed by atoms with Crippen molar-refractivity contribution in [2.24, 2.45) is 11.7 Å². The average Bonchev–Trinajstić information content (AvgIpc) is 2.28. The molecule has 2 N–H and O–H groups in total. The highest BCUT2D eigenvalue weighted by molar-refractivity contribution is 4.92. The number of hydrogen-bond donors (Lipinski definition) is 1. The van der Waals surface area contributed by atoms with Gasteiger partial charge in [-0.05, 0) is 44.9 Å².